The molecule has 0 saturated heterocycles. The molecule has 1 atom stereocenters. The topological polar surface area (TPSA) is 105 Å². The van der Waals surface area contributed by atoms with Gasteiger partial charge in [0.1, 0.15) is 9.84 Å². The monoisotopic (exact) mass is 503 g/mol. The van der Waals surface area contributed by atoms with E-state index in [2.05, 4.69) is 15.6 Å². The Morgan fingerprint density at radius 2 is 1.68 bits per heavy atom. The van der Waals surface area contributed by atoms with Gasteiger partial charge in [-0.1, -0.05) is 12.1 Å². The summed E-state index contributed by atoms with van der Waals surface area (Å²) in [7, 11) is -4.55. The van der Waals surface area contributed by atoms with Gasteiger partial charge in [-0.05, 0) is 31.0 Å². The van der Waals surface area contributed by atoms with Gasteiger partial charge in [0.05, 0.1) is 10.6 Å². The Hall–Kier alpha value is -0.880. The Morgan fingerprint density at radius 3 is 2.12 bits per heavy atom. The first-order chi connectivity index (χ1) is 11.0. The molecule has 0 aromatic heterocycles. The van der Waals surface area contributed by atoms with E-state index in [1.165, 1.54) is 12.5 Å². The summed E-state index contributed by atoms with van der Waals surface area (Å²) in [5.41, 5.74) is 0.911. The lowest BCUT2D eigenvalue weighted by molar-refractivity contribution is 0.581. The third kappa shape index (κ3) is 10.00. The predicted octanol–water partition coefficient (Wildman–Crippen LogP) is 1.20. The third-order valence-corrected chi connectivity index (χ3v) is 5.45. The van der Waals surface area contributed by atoms with E-state index in [-0.39, 0.29) is 40.7 Å². The number of rotatable bonds is 7. The van der Waals surface area contributed by atoms with Gasteiger partial charge in [-0.25, -0.2) is 16.8 Å². The molecular weight excluding hydrogens is 477 g/mol. The van der Waals surface area contributed by atoms with Gasteiger partial charge in [0, 0.05) is 32.1 Å². The first-order valence-corrected chi connectivity index (χ1v) is 11.4. The molecule has 0 bridgehead atoms. The first-order valence-electron chi connectivity index (χ1n) is 7.45. The van der Waals surface area contributed by atoms with Crippen molar-refractivity contribution < 1.29 is 16.8 Å². The molecule has 2 N–H and O–H groups in total. The van der Waals surface area contributed by atoms with E-state index in [1.807, 2.05) is 6.92 Å². The molecule has 1 rings (SSSR count). The zero-order valence-electron chi connectivity index (χ0n) is 14.8. The van der Waals surface area contributed by atoms with Gasteiger partial charge in [0.25, 0.3) is 0 Å². The molecule has 25 heavy (non-hydrogen) atoms. The minimum atomic E-state index is -3.20. The van der Waals surface area contributed by atoms with E-state index in [0.29, 0.717) is 18.9 Å². The van der Waals surface area contributed by atoms with Crippen LogP contribution in [0.4, 0.5) is 0 Å². The first kappa shape index (κ1) is 24.1. The zero-order valence-corrected chi connectivity index (χ0v) is 18.8. The van der Waals surface area contributed by atoms with Crippen molar-refractivity contribution in [2.75, 3.05) is 25.3 Å². The van der Waals surface area contributed by atoms with Crippen LogP contribution in [0.1, 0.15) is 18.9 Å². The van der Waals surface area contributed by atoms with E-state index < -0.39 is 19.7 Å². The highest BCUT2D eigenvalue weighted by atomic mass is 127. The summed E-state index contributed by atoms with van der Waals surface area (Å²) in [6.45, 7) is 2.36. The number of hydrogen-bond acceptors (Lipinski definition) is 5. The van der Waals surface area contributed by atoms with E-state index >= 15 is 0 Å². The fourth-order valence-electron chi connectivity index (χ4n) is 1.93. The molecule has 0 heterocycles. The maximum Gasteiger partial charge on any atom is 0.191 e. The molecule has 1 aromatic carbocycles. The Kier molecular flexibility index (Phi) is 9.95. The van der Waals surface area contributed by atoms with Gasteiger partial charge in [0.2, 0.25) is 0 Å². The number of nitrogens with zero attached hydrogens (tertiary/aromatic N) is 1. The number of guanidine groups is 1. The van der Waals surface area contributed by atoms with Crippen molar-refractivity contribution in [3.8, 4) is 0 Å². The highest BCUT2D eigenvalue weighted by Crippen LogP contribution is 2.10. The van der Waals surface area contributed by atoms with Crippen LogP contribution in [-0.2, 0) is 26.2 Å². The lowest BCUT2D eigenvalue weighted by Gasteiger charge is -2.17. The normalized spacial score (nSPS) is 13.7. The molecule has 0 aliphatic rings. The molecule has 144 valence electrons. The van der Waals surface area contributed by atoms with Gasteiger partial charge < -0.3 is 10.6 Å². The Labute approximate surface area is 167 Å². The molecule has 0 fully saturated rings. The molecule has 0 aliphatic heterocycles. The van der Waals surface area contributed by atoms with Crippen LogP contribution in [0, 0.1) is 0 Å². The van der Waals surface area contributed by atoms with Gasteiger partial charge >= 0.3 is 0 Å². The summed E-state index contributed by atoms with van der Waals surface area (Å²) in [6, 6.07) is 6.57. The van der Waals surface area contributed by atoms with Crippen molar-refractivity contribution in [3.63, 3.8) is 0 Å². The standard InChI is InChI=1S/C15H25N3O4S2.HI/c1-12(9-10-23(3,19)20)18-15(16-2)17-11-13-5-7-14(8-6-13)24(4,21)22;/h5-8,12H,9-11H2,1-4H3,(H2,16,17,18);1H. The van der Waals surface area contributed by atoms with Crippen LogP contribution in [-0.4, -0.2) is 54.1 Å². The van der Waals surface area contributed by atoms with E-state index in [9.17, 15) is 16.8 Å². The zero-order chi connectivity index (χ0) is 18.4. The maximum absolute atomic E-state index is 11.4. The fraction of sp³-hybridized carbons (Fsp3) is 0.533. The molecule has 0 amide bonds. The summed E-state index contributed by atoms with van der Waals surface area (Å²) in [6.07, 6.45) is 2.87. The van der Waals surface area contributed by atoms with Crippen LogP contribution in [0.3, 0.4) is 0 Å². The van der Waals surface area contributed by atoms with Crippen molar-refractivity contribution in [2.45, 2.75) is 30.8 Å². The molecule has 10 heteroatoms. The summed E-state index contributed by atoms with van der Waals surface area (Å²) in [5, 5.41) is 6.24. The summed E-state index contributed by atoms with van der Waals surface area (Å²) in [5.74, 6) is 0.675. The molecule has 7 nitrogen and oxygen atoms in total. The van der Waals surface area contributed by atoms with Crippen LogP contribution in [0.15, 0.2) is 34.2 Å². The lowest BCUT2D eigenvalue weighted by Crippen LogP contribution is -2.42. The molecule has 0 radical (unpaired) electrons. The van der Waals surface area contributed by atoms with Crippen LogP contribution in [0.5, 0.6) is 0 Å². The molecule has 1 unspecified atom stereocenters. The van der Waals surface area contributed by atoms with Crippen molar-refractivity contribution in [1.82, 2.24) is 10.6 Å². The van der Waals surface area contributed by atoms with E-state index in [0.717, 1.165) is 5.56 Å². The Balaban J connectivity index is 0.00000576. The predicted molar refractivity (Wildman–Crippen MR) is 112 cm³/mol. The van der Waals surface area contributed by atoms with Crippen molar-refractivity contribution in [2.24, 2.45) is 4.99 Å². The SMILES string of the molecule is CN=C(NCc1ccc(S(C)(=O)=O)cc1)NC(C)CCS(C)(=O)=O.I. The summed E-state index contributed by atoms with van der Waals surface area (Å²) in [4.78, 5) is 4.37. The summed E-state index contributed by atoms with van der Waals surface area (Å²) < 4.78 is 45.2. The van der Waals surface area contributed by atoms with Gasteiger partial charge in [-0.3, -0.25) is 4.99 Å². The van der Waals surface area contributed by atoms with Crippen LogP contribution >= 0.6 is 24.0 Å². The lowest BCUT2D eigenvalue weighted by atomic mass is 10.2. The number of halogens is 1. The van der Waals surface area contributed by atoms with Gasteiger partial charge in [0.15, 0.2) is 15.8 Å². The maximum atomic E-state index is 11.4. The molecule has 0 spiro atoms. The average Bonchev–Trinajstić information content (AvgIpc) is 2.48. The number of sulfone groups is 2. The largest absolute Gasteiger partial charge is 0.354 e. The van der Waals surface area contributed by atoms with Gasteiger partial charge in [-0.15, -0.1) is 24.0 Å². The van der Waals surface area contributed by atoms with Crippen molar-refractivity contribution >= 4 is 49.6 Å². The third-order valence-electron chi connectivity index (χ3n) is 3.34. The minimum absolute atomic E-state index is 0. The fourth-order valence-corrected chi connectivity index (χ4v) is 3.34. The number of hydrogen-bond donors (Lipinski definition) is 2. The van der Waals surface area contributed by atoms with Crippen molar-refractivity contribution in [3.05, 3.63) is 29.8 Å². The molecular formula is C15H26IN3O4S2. The minimum Gasteiger partial charge on any atom is -0.354 e. The molecule has 0 aliphatic carbocycles. The smallest absolute Gasteiger partial charge is 0.191 e. The highest BCUT2D eigenvalue weighted by Gasteiger charge is 2.10. The molecule has 0 saturated carbocycles. The highest BCUT2D eigenvalue weighted by molar-refractivity contribution is 14.0. The summed E-state index contributed by atoms with van der Waals surface area (Å²) >= 11 is 0. The second-order valence-electron chi connectivity index (χ2n) is 5.81. The van der Waals surface area contributed by atoms with Crippen molar-refractivity contribution in [1.29, 1.82) is 0 Å². The molecule has 1 aromatic rings. The van der Waals surface area contributed by atoms with Gasteiger partial charge in [-0.2, -0.15) is 0 Å². The number of aliphatic imine (C=N–C) groups is 1. The number of benzene rings is 1. The van der Waals surface area contributed by atoms with E-state index in [1.54, 1.807) is 31.3 Å². The average molecular weight is 503 g/mol. The van der Waals surface area contributed by atoms with Crippen LogP contribution in [0.25, 0.3) is 0 Å². The van der Waals surface area contributed by atoms with Crippen LogP contribution in [0.2, 0.25) is 0 Å². The Morgan fingerprint density at radius 1 is 1.12 bits per heavy atom. The van der Waals surface area contributed by atoms with E-state index in [4.69, 9.17) is 0 Å². The second kappa shape index (κ2) is 10.3. The second-order valence-corrected chi connectivity index (χ2v) is 10.1. The van der Waals surface area contributed by atoms with Crippen LogP contribution < -0.4 is 10.6 Å². The number of nitrogens with one attached hydrogen (secondary N) is 2. The quantitative estimate of drug-likeness (QED) is 0.329. The Bertz CT molecular complexity index is 775.